The molecule has 1 N–H and O–H groups in total. The van der Waals surface area contributed by atoms with Crippen LogP contribution in [0.4, 0.5) is 11.4 Å². The van der Waals surface area contributed by atoms with Crippen molar-refractivity contribution in [2.45, 2.75) is 19.9 Å². The Labute approximate surface area is 120 Å². The van der Waals surface area contributed by atoms with E-state index in [1.807, 2.05) is 12.1 Å². The molecule has 1 aromatic carbocycles. The number of aryl methyl sites for hydroxylation is 1. The zero-order valence-electron chi connectivity index (χ0n) is 10.9. The van der Waals surface area contributed by atoms with Gasteiger partial charge in [0.25, 0.3) is 0 Å². The molecule has 0 aliphatic rings. The average molecular weight is 287 g/mol. The Hall–Kier alpha value is -2.39. The molecular formula is C14H13N3O2S. The number of benzene rings is 1. The minimum absolute atomic E-state index is 0.0698. The first-order valence-corrected chi connectivity index (χ1v) is 6.96. The van der Waals surface area contributed by atoms with Crippen LogP contribution in [0.3, 0.4) is 0 Å². The van der Waals surface area contributed by atoms with Crippen LogP contribution in [0.2, 0.25) is 0 Å². The van der Waals surface area contributed by atoms with Crippen molar-refractivity contribution in [2.24, 2.45) is 0 Å². The summed E-state index contributed by atoms with van der Waals surface area (Å²) in [6.45, 7) is 2.60. The zero-order valence-corrected chi connectivity index (χ0v) is 11.7. The molecule has 2 aromatic rings. The van der Waals surface area contributed by atoms with Gasteiger partial charge in [0, 0.05) is 16.3 Å². The second-order valence-electron chi connectivity index (χ2n) is 4.15. The molecule has 0 bridgehead atoms. The Morgan fingerprint density at radius 1 is 1.35 bits per heavy atom. The van der Waals surface area contributed by atoms with Gasteiger partial charge in [0.15, 0.2) is 0 Å². The van der Waals surface area contributed by atoms with Gasteiger partial charge in [0.2, 0.25) is 0 Å². The number of nitro benzene ring substituents is 1. The van der Waals surface area contributed by atoms with E-state index in [4.69, 9.17) is 5.26 Å². The molecule has 0 unspecified atom stereocenters. The normalized spacial score (nSPS) is 10.0. The standard InChI is InChI=1S/C14H13N3O2S/c1-2-11-6-7-12(20-11)9-16-13-5-3-4-10(8-15)14(13)17(18)19/h3-7,16H,2,9H2,1H3. The van der Waals surface area contributed by atoms with Gasteiger partial charge in [-0.1, -0.05) is 13.0 Å². The monoisotopic (exact) mass is 287 g/mol. The fourth-order valence-electron chi connectivity index (χ4n) is 1.86. The molecule has 5 nitrogen and oxygen atoms in total. The Kier molecular flexibility index (Phi) is 4.33. The van der Waals surface area contributed by atoms with E-state index in [2.05, 4.69) is 18.3 Å². The number of nitrogens with one attached hydrogen (secondary N) is 1. The third-order valence-electron chi connectivity index (χ3n) is 2.86. The Morgan fingerprint density at radius 2 is 2.10 bits per heavy atom. The molecule has 1 aromatic heterocycles. The number of thiophene rings is 1. The fraction of sp³-hybridized carbons (Fsp3) is 0.214. The fourth-order valence-corrected chi connectivity index (χ4v) is 2.76. The predicted molar refractivity (Wildman–Crippen MR) is 78.8 cm³/mol. The number of hydrogen-bond acceptors (Lipinski definition) is 5. The van der Waals surface area contributed by atoms with Gasteiger partial charge in [-0.05, 0) is 30.7 Å². The topological polar surface area (TPSA) is 79.0 Å². The highest BCUT2D eigenvalue weighted by atomic mass is 32.1. The van der Waals surface area contributed by atoms with E-state index in [9.17, 15) is 10.1 Å². The second kappa shape index (κ2) is 6.17. The van der Waals surface area contributed by atoms with Gasteiger partial charge in [-0.15, -0.1) is 11.3 Å². The highest BCUT2D eigenvalue weighted by Gasteiger charge is 2.19. The molecule has 20 heavy (non-hydrogen) atoms. The second-order valence-corrected chi connectivity index (χ2v) is 5.40. The minimum Gasteiger partial charge on any atom is -0.375 e. The summed E-state index contributed by atoms with van der Waals surface area (Å²) in [6, 6.07) is 10.6. The summed E-state index contributed by atoms with van der Waals surface area (Å²) in [4.78, 5) is 12.9. The molecule has 2 rings (SSSR count). The van der Waals surface area contributed by atoms with Crippen molar-refractivity contribution in [1.82, 2.24) is 0 Å². The number of hydrogen-bond donors (Lipinski definition) is 1. The lowest BCUT2D eigenvalue weighted by atomic mass is 10.1. The van der Waals surface area contributed by atoms with E-state index in [0.29, 0.717) is 12.2 Å². The van der Waals surface area contributed by atoms with E-state index in [1.165, 1.54) is 10.9 Å². The average Bonchev–Trinajstić information content (AvgIpc) is 2.92. The summed E-state index contributed by atoms with van der Waals surface area (Å²) in [7, 11) is 0. The van der Waals surface area contributed by atoms with Gasteiger partial charge in [-0.3, -0.25) is 10.1 Å². The van der Waals surface area contributed by atoms with Crippen LogP contribution in [0.1, 0.15) is 22.2 Å². The third kappa shape index (κ3) is 2.95. The van der Waals surface area contributed by atoms with E-state index in [0.717, 1.165) is 11.3 Å². The van der Waals surface area contributed by atoms with E-state index in [-0.39, 0.29) is 11.3 Å². The van der Waals surface area contributed by atoms with Crippen LogP contribution in [0.25, 0.3) is 0 Å². The van der Waals surface area contributed by atoms with Gasteiger partial charge >= 0.3 is 5.69 Å². The van der Waals surface area contributed by atoms with E-state index < -0.39 is 4.92 Å². The first-order chi connectivity index (χ1) is 9.65. The van der Waals surface area contributed by atoms with Crippen LogP contribution in [0.5, 0.6) is 0 Å². The van der Waals surface area contributed by atoms with E-state index in [1.54, 1.807) is 23.5 Å². The molecule has 0 radical (unpaired) electrons. The molecule has 0 aliphatic carbocycles. The van der Waals surface area contributed by atoms with Crippen molar-refractivity contribution in [1.29, 1.82) is 5.26 Å². The maximum absolute atomic E-state index is 11.1. The summed E-state index contributed by atoms with van der Waals surface area (Å²) in [6.07, 6.45) is 0.981. The van der Waals surface area contributed by atoms with Crippen LogP contribution in [-0.2, 0) is 13.0 Å². The van der Waals surface area contributed by atoms with Crippen LogP contribution >= 0.6 is 11.3 Å². The van der Waals surface area contributed by atoms with Gasteiger partial charge in [-0.2, -0.15) is 5.26 Å². The summed E-state index contributed by atoms with van der Waals surface area (Å²) in [5.74, 6) is 0. The van der Waals surface area contributed by atoms with Crippen LogP contribution in [0, 0.1) is 21.4 Å². The number of nitriles is 1. The summed E-state index contributed by atoms with van der Waals surface area (Å²) in [5.41, 5.74) is 0.281. The lowest BCUT2D eigenvalue weighted by Crippen LogP contribution is -2.03. The molecule has 0 aliphatic heterocycles. The SMILES string of the molecule is CCc1ccc(CNc2cccc(C#N)c2[N+](=O)[O-])s1. The molecule has 0 saturated heterocycles. The van der Waals surface area contributed by atoms with E-state index >= 15 is 0 Å². The predicted octanol–water partition coefficient (Wildman–Crippen LogP) is 3.70. The van der Waals surface area contributed by atoms with Gasteiger partial charge in [0.1, 0.15) is 17.3 Å². The van der Waals surface area contributed by atoms with Crippen molar-refractivity contribution in [3.05, 3.63) is 55.8 Å². The molecule has 0 fully saturated rings. The number of nitrogens with zero attached hydrogens (tertiary/aromatic N) is 2. The Balaban J connectivity index is 2.21. The minimum atomic E-state index is -0.521. The zero-order chi connectivity index (χ0) is 14.5. The molecule has 0 spiro atoms. The number of rotatable bonds is 5. The maximum atomic E-state index is 11.1. The van der Waals surface area contributed by atoms with Gasteiger partial charge in [-0.25, -0.2) is 0 Å². The number of nitro groups is 1. The summed E-state index contributed by atoms with van der Waals surface area (Å²) < 4.78 is 0. The lowest BCUT2D eigenvalue weighted by molar-refractivity contribution is -0.384. The van der Waals surface area contributed by atoms with Crippen molar-refractivity contribution in [3.8, 4) is 6.07 Å². The lowest BCUT2D eigenvalue weighted by Gasteiger charge is -2.06. The van der Waals surface area contributed by atoms with Gasteiger partial charge in [0.05, 0.1) is 4.92 Å². The van der Waals surface area contributed by atoms with Crippen LogP contribution in [-0.4, -0.2) is 4.92 Å². The molecular weight excluding hydrogens is 274 g/mol. The molecule has 0 amide bonds. The maximum Gasteiger partial charge on any atom is 0.309 e. The number of anilines is 1. The molecule has 1 heterocycles. The molecule has 102 valence electrons. The smallest absolute Gasteiger partial charge is 0.309 e. The van der Waals surface area contributed by atoms with Gasteiger partial charge < -0.3 is 5.32 Å². The van der Waals surface area contributed by atoms with Crippen LogP contribution < -0.4 is 5.32 Å². The summed E-state index contributed by atoms with van der Waals surface area (Å²) in [5, 5.41) is 23.1. The molecule has 0 saturated carbocycles. The first kappa shape index (κ1) is 14.0. The Bertz CT molecular complexity index is 673. The largest absolute Gasteiger partial charge is 0.375 e. The third-order valence-corrected chi connectivity index (χ3v) is 4.09. The molecule has 0 atom stereocenters. The van der Waals surface area contributed by atoms with Crippen molar-refractivity contribution < 1.29 is 4.92 Å². The molecule has 6 heteroatoms. The number of para-hydroxylation sites is 1. The quantitative estimate of drug-likeness (QED) is 0.671. The van der Waals surface area contributed by atoms with Crippen LogP contribution in [0.15, 0.2) is 30.3 Å². The highest BCUT2D eigenvalue weighted by molar-refractivity contribution is 7.12. The Morgan fingerprint density at radius 3 is 2.70 bits per heavy atom. The summed E-state index contributed by atoms with van der Waals surface area (Å²) >= 11 is 1.68. The van der Waals surface area contributed by atoms with Crippen molar-refractivity contribution in [3.63, 3.8) is 0 Å². The van der Waals surface area contributed by atoms with Crippen molar-refractivity contribution in [2.75, 3.05) is 5.32 Å². The highest BCUT2D eigenvalue weighted by Crippen LogP contribution is 2.29. The first-order valence-electron chi connectivity index (χ1n) is 6.14. The van der Waals surface area contributed by atoms with Crippen molar-refractivity contribution >= 4 is 22.7 Å².